The first-order chi connectivity index (χ1) is 9.20. The number of carbonyl (C=O) groups excluding carboxylic acids is 1. The van der Waals surface area contributed by atoms with E-state index >= 15 is 0 Å². The number of aromatic nitrogens is 1. The number of H-pyrrole nitrogens is 1. The number of nitrogens with one attached hydrogen (secondary N) is 2. The zero-order valence-corrected chi connectivity index (χ0v) is 10.8. The number of carbonyl (C=O) groups is 1. The maximum Gasteiger partial charge on any atom is 0.255 e. The molecule has 0 radical (unpaired) electrons. The summed E-state index contributed by atoms with van der Waals surface area (Å²) in [5, 5.41) is 4.78. The first-order valence-corrected chi connectivity index (χ1v) is 6.07. The Hall–Kier alpha value is -2.55. The van der Waals surface area contributed by atoms with Gasteiger partial charge in [0.05, 0.1) is 0 Å². The summed E-state index contributed by atoms with van der Waals surface area (Å²) in [5.41, 5.74) is 1.19. The van der Waals surface area contributed by atoms with Crippen molar-refractivity contribution < 1.29 is 4.79 Å². The van der Waals surface area contributed by atoms with Crippen molar-refractivity contribution in [3.8, 4) is 0 Å². The van der Waals surface area contributed by atoms with Crippen LogP contribution >= 0.6 is 0 Å². The van der Waals surface area contributed by atoms with E-state index in [0.717, 1.165) is 10.6 Å². The fourth-order valence-corrected chi connectivity index (χ4v) is 1.80. The molecule has 1 amide bonds. The average molecular weight is 252 g/mol. The molecule has 2 N–H and O–H groups in total. The molecule has 0 aliphatic rings. The molecule has 1 aromatic carbocycles. The third kappa shape index (κ3) is 3.22. The predicted octanol–water partition coefficient (Wildman–Crippen LogP) is 1.54. The van der Waals surface area contributed by atoms with E-state index in [4.69, 9.17) is 0 Å². The number of benzene rings is 1. The average Bonchev–Trinajstić information content (AvgIpc) is 2.86. The van der Waals surface area contributed by atoms with Gasteiger partial charge in [-0.25, -0.2) is 0 Å². The Morgan fingerprint density at radius 3 is 2.68 bits per heavy atom. The molecule has 0 aliphatic heterocycles. The van der Waals surface area contributed by atoms with Crippen LogP contribution in [0.2, 0.25) is 0 Å². The van der Waals surface area contributed by atoms with E-state index in [9.17, 15) is 4.79 Å². The van der Waals surface area contributed by atoms with Crippen LogP contribution in [-0.4, -0.2) is 10.9 Å². The molecule has 2 rings (SSSR count). The molecule has 3 nitrogen and oxygen atoms in total. The molecule has 1 heterocycles. The molecule has 0 spiro atoms. The van der Waals surface area contributed by atoms with Crippen molar-refractivity contribution in [1.82, 2.24) is 10.3 Å². The highest BCUT2D eigenvalue weighted by Gasteiger charge is 2.03. The van der Waals surface area contributed by atoms with Gasteiger partial charge in [0.1, 0.15) is 0 Å². The summed E-state index contributed by atoms with van der Waals surface area (Å²) >= 11 is 0. The standard InChI is InChI=1S/C16H16N2O/c1-3-15-14(9-10-17-15)11-12(2)18-16(19)13-7-5-4-6-8-13/h3-11,17H,2H2,1H3,(H,18,19)/b14-11-,15-3+. The molecule has 0 saturated heterocycles. The quantitative estimate of drug-likeness (QED) is 0.855. The first kappa shape index (κ1) is 12.9. The molecule has 2 aromatic rings. The van der Waals surface area contributed by atoms with Crippen LogP contribution in [0.15, 0.2) is 54.9 Å². The number of hydrogen-bond acceptors (Lipinski definition) is 1. The Morgan fingerprint density at radius 2 is 2.00 bits per heavy atom. The van der Waals surface area contributed by atoms with Crippen LogP contribution in [0.1, 0.15) is 17.3 Å². The molecule has 1 aromatic heterocycles. The number of aromatic amines is 1. The normalized spacial score (nSPS) is 12.5. The van der Waals surface area contributed by atoms with Crippen molar-refractivity contribution in [1.29, 1.82) is 0 Å². The molecule has 0 atom stereocenters. The van der Waals surface area contributed by atoms with Gasteiger partial charge >= 0.3 is 0 Å². The molecular formula is C16H16N2O. The van der Waals surface area contributed by atoms with E-state index in [1.54, 1.807) is 12.1 Å². The fourth-order valence-electron chi connectivity index (χ4n) is 1.80. The van der Waals surface area contributed by atoms with E-state index < -0.39 is 0 Å². The Bertz CT molecular complexity index is 696. The van der Waals surface area contributed by atoms with Crippen LogP contribution < -0.4 is 15.9 Å². The number of allylic oxidation sites excluding steroid dienone is 1. The Labute approximate surface area is 112 Å². The number of hydrogen-bond donors (Lipinski definition) is 2. The minimum Gasteiger partial charge on any atom is -0.361 e. The SMILES string of the molecule is C=C(/C=c1/cc[nH]/c1=C/C)NC(=O)c1ccccc1. The summed E-state index contributed by atoms with van der Waals surface area (Å²) < 4.78 is 0. The highest BCUT2D eigenvalue weighted by molar-refractivity contribution is 5.96. The van der Waals surface area contributed by atoms with Crippen LogP contribution in [0, 0.1) is 0 Å². The summed E-state index contributed by atoms with van der Waals surface area (Å²) in [6, 6.07) is 11.0. The minimum absolute atomic E-state index is 0.153. The van der Waals surface area contributed by atoms with Gasteiger partial charge in [-0.3, -0.25) is 4.79 Å². The topological polar surface area (TPSA) is 44.9 Å². The van der Waals surface area contributed by atoms with Crippen molar-refractivity contribution in [3.05, 3.63) is 71.0 Å². The third-order valence-corrected chi connectivity index (χ3v) is 2.74. The summed E-state index contributed by atoms with van der Waals surface area (Å²) in [4.78, 5) is 15.0. The van der Waals surface area contributed by atoms with E-state index in [0.29, 0.717) is 11.3 Å². The molecule has 0 saturated carbocycles. The van der Waals surface area contributed by atoms with Crippen LogP contribution in [0.5, 0.6) is 0 Å². The summed E-state index contributed by atoms with van der Waals surface area (Å²) in [5.74, 6) is -0.153. The Balaban J connectivity index is 2.15. The number of amides is 1. The summed E-state index contributed by atoms with van der Waals surface area (Å²) in [6.07, 6.45) is 5.66. The molecule has 0 bridgehead atoms. The van der Waals surface area contributed by atoms with Crippen LogP contribution in [0.25, 0.3) is 12.2 Å². The van der Waals surface area contributed by atoms with E-state index in [1.807, 2.05) is 49.5 Å². The smallest absolute Gasteiger partial charge is 0.255 e. The molecule has 0 aliphatic carbocycles. The molecule has 0 fully saturated rings. The molecule has 0 unspecified atom stereocenters. The van der Waals surface area contributed by atoms with Crippen LogP contribution in [0.4, 0.5) is 0 Å². The highest BCUT2D eigenvalue weighted by atomic mass is 16.1. The van der Waals surface area contributed by atoms with Crippen molar-refractivity contribution in [2.24, 2.45) is 0 Å². The zero-order chi connectivity index (χ0) is 13.7. The lowest BCUT2D eigenvalue weighted by molar-refractivity contribution is 0.0968. The lowest BCUT2D eigenvalue weighted by Gasteiger charge is -2.03. The van der Waals surface area contributed by atoms with E-state index in [-0.39, 0.29) is 5.91 Å². The maximum absolute atomic E-state index is 11.9. The molecule has 96 valence electrons. The van der Waals surface area contributed by atoms with E-state index in [2.05, 4.69) is 16.9 Å². The van der Waals surface area contributed by atoms with Crippen LogP contribution in [0.3, 0.4) is 0 Å². The fraction of sp³-hybridized carbons (Fsp3) is 0.0625. The van der Waals surface area contributed by atoms with Gasteiger partial charge in [-0.1, -0.05) is 30.9 Å². The maximum atomic E-state index is 11.9. The van der Waals surface area contributed by atoms with E-state index in [1.165, 1.54) is 0 Å². The Kier molecular flexibility index (Phi) is 3.98. The van der Waals surface area contributed by atoms with Crippen molar-refractivity contribution >= 4 is 18.1 Å². The molecule has 3 heteroatoms. The van der Waals surface area contributed by atoms with Crippen molar-refractivity contribution in [2.45, 2.75) is 6.92 Å². The van der Waals surface area contributed by atoms with Gasteiger partial charge in [0.25, 0.3) is 5.91 Å². The largest absolute Gasteiger partial charge is 0.361 e. The third-order valence-electron chi connectivity index (χ3n) is 2.74. The van der Waals surface area contributed by atoms with Gasteiger partial charge in [-0.05, 0) is 31.2 Å². The predicted molar refractivity (Wildman–Crippen MR) is 77.7 cm³/mol. The summed E-state index contributed by atoms with van der Waals surface area (Å²) in [7, 11) is 0. The molecular weight excluding hydrogens is 236 g/mol. The van der Waals surface area contributed by atoms with Gasteiger partial charge in [-0.15, -0.1) is 0 Å². The monoisotopic (exact) mass is 252 g/mol. The van der Waals surface area contributed by atoms with Crippen LogP contribution in [-0.2, 0) is 0 Å². The highest BCUT2D eigenvalue weighted by Crippen LogP contribution is 1.99. The second-order valence-corrected chi connectivity index (χ2v) is 4.13. The summed E-state index contributed by atoms with van der Waals surface area (Å²) in [6.45, 7) is 5.81. The zero-order valence-electron chi connectivity index (χ0n) is 10.8. The van der Waals surface area contributed by atoms with Gasteiger partial charge in [0, 0.05) is 28.0 Å². The van der Waals surface area contributed by atoms with Crippen molar-refractivity contribution in [2.75, 3.05) is 0 Å². The second kappa shape index (κ2) is 5.87. The minimum atomic E-state index is -0.153. The lowest BCUT2D eigenvalue weighted by atomic mass is 10.2. The lowest BCUT2D eigenvalue weighted by Crippen LogP contribution is -2.26. The van der Waals surface area contributed by atoms with Crippen molar-refractivity contribution in [3.63, 3.8) is 0 Å². The number of rotatable bonds is 3. The second-order valence-electron chi connectivity index (χ2n) is 4.13. The van der Waals surface area contributed by atoms with Gasteiger partial charge in [0.15, 0.2) is 0 Å². The van der Waals surface area contributed by atoms with Gasteiger partial charge in [0.2, 0.25) is 0 Å². The molecule has 19 heavy (non-hydrogen) atoms. The first-order valence-electron chi connectivity index (χ1n) is 6.07. The van der Waals surface area contributed by atoms with Gasteiger partial charge < -0.3 is 10.3 Å². The Morgan fingerprint density at radius 1 is 1.26 bits per heavy atom. The van der Waals surface area contributed by atoms with Gasteiger partial charge in [-0.2, -0.15) is 0 Å².